The average molecular weight is 326 g/mol. The monoisotopic (exact) mass is 326 g/mol. The molecule has 1 aromatic carbocycles. The fraction of sp³-hybridized carbons (Fsp3) is 0.308. The highest BCUT2D eigenvalue weighted by atomic mass is 32.2. The first-order valence-corrected chi connectivity index (χ1v) is 8.71. The van der Waals surface area contributed by atoms with Gasteiger partial charge in [-0.05, 0) is 19.1 Å². The molecule has 0 aliphatic carbocycles. The first-order valence-electron chi connectivity index (χ1n) is 6.35. The van der Waals surface area contributed by atoms with Crippen molar-refractivity contribution in [3.8, 4) is 11.5 Å². The second-order valence-corrected chi connectivity index (χ2v) is 7.22. The van der Waals surface area contributed by atoms with E-state index in [-0.39, 0.29) is 11.4 Å². The van der Waals surface area contributed by atoms with Crippen LogP contribution in [0.2, 0.25) is 0 Å². The van der Waals surface area contributed by atoms with Gasteiger partial charge in [0.2, 0.25) is 10.0 Å². The molecule has 0 radical (unpaired) electrons. The van der Waals surface area contributed by atoms with Crippen molar-refractivity contribution >= 4 is 21.4 Å². The van der Waals surface area contributed by atoms with Crippen molar-refractivity contribution < 1.29 is 17.9 Å². The Labute approximate surface area is 126 Å². The van der Waals surface area contributed by atoms with Crippen molar-refractivity contribution in [2.24, 2.45) is 0 Å². The van der Waals surface area contributed by atoms with E-state index < -0.39 is 10.0 Å². The number of aromatic nitrogens is 1. The lowest BCUT2D eigenvalue weighted by Crippen LogP contribution is -2.23. The number of rotatable bonds is 4. The summed E-state index contributed by atoms with van der Waals surface area (Å²) in [6.07, 6.45) is 0. The zero-order chi connectivity index (χ0) is 14.9. The molecule has 0 amide bonds. The van der Waals surface area contributed by atoms with Crippen LogP contribution in [0.25, 0.3) is 0 Å². The van der Waals surface area contributed by atoms with Crippen LogP contribution in [-0.2, 0) is 16.6 Å². The van der Waals surface area contributed by atoms with Crippen molar-refractivity contribution in [2.45, 2.75) is 18.4 Å². The topological polar surface area (TPSA) is 77.5 Å². The number of nitrogens with zero attached hydrogens (tertiary/aromatic N) is 1. The molecule has 0 saturated heterocycles. The van der Waals surface area contributed by atoms with E-state index in [4.69, 9.17) is 9.47 Å². The summed E-state index contributed by atoms with van der Waals surface area (Å²) in [5.74, 6) is 1.02. The fourth-order valence-corrected chi connectivity index (χ4v) is 3.72. The largest absolute Gasteiger partial charge is 0.486 e. The molecule has 2 aromatic rings. The summed E-state index contributed by atoms with van der Waals surface area (Å²) >= 11 is 1.43. The molecule has 0 bridgehead atoms. The maximum Gasteiger partial charge on any atom is 0.241 e. The van der Waals surface area contributed by atoms with Crippen molar-refractivity contribution in [2.75, 3.05) is 13.2 Å². The number of nitrogens with one attached hydrogen (secondary N) is 1. The van der Waals surface area contributed by atoms with Crippen LogP contribution in [0.4, 0.5) is 0 Å². The second-order valence-electron chi connectivity index (χ2n) is 4.51. The van der Waals surface area contributed by atoms with Gasteiger partial charge in [-0.15, -0.1) is 11.3 Å². The predicted octanol–water partition coefficient (Wildman–Crippen LogP) is 1.70. The summed E-state index contributed by atoms with van der Waals surface area (Å²) in [5.41, 5.74) is 0.883. The lowest BCUT2D eigenvalue weighted by atomic mass is 10.3. The van der Waals surface area contributed by atoms with E-state index in [1.807, 2.05) is 12.3 Å². The number of ether oxygens (including phenoxy) is 2. The number of thiazole rings is 1. The van der Waals surface area contributed by atoms with Gasteiger partial charge in [-0.2, -0.15) is 0 Å². The molecule has 2 heterocycles. The number of sulfonamides is 1. The number of hydrogen-bond acceptors (Lipinski definition) is 6. The van der Waals surface area contributed by atoms with Gasteiger partial charge in [0.1, 0.15) is 18.2 Å². The number of fused-ring (bicyclic) bond motifs is 1. The van der Waals surface area contributed by atoms with E-state index in [0.29, 0.717) is 24.7 Å². The lowest BCUT2D eigenvalue weighted by molar-refractivity contribution is 0.171. The molecule has 0 unspecified atom stereocenters. The highest BCUT2D eigenvalue weighted by Gasteiger charge is 2.19. The van der Waals surface area contributed by atoms with Crippen molar-refractivity contribution in [1.29, 1.82) is 0 Å². The van der Waals surface area contributed by atoms with Gasteiger partial charge in [0.15, 0.2) is 11.5 Å². The summed E-state index contributed by atoms with van der Waals surface area (Å²) in [6, 6.07) is 4.59. The van der Waals surface area contributed by atoms with E-state index >= 15 is 0 Å². The molecule has 1 N–H and O–H groups in total. The Hall–Kier alpha value is -1.64. The van der Waals surface area contributed by atoms with Gasteiger partial charge in [0, 0.05) is 17.1 Å². The first-order chi connectivity index (χ1) is 10.0. The van der Waals surface area contributed by atoms with Crippen molar-refractivity contribution in [3.05, 3.63) is 34.3 Å². The third kappa shape index (κ3) is 3.17. The summed E-state index contributed by atoms with van der Waals surface area (Å²) in [6.45, 7) is 2.94. The Balaban J connectivity index is 1.78. The van der Waals surface area contributed by atoms with E-state index in [0.717, 1.165) is 10.7 Å². The molecular formula is C13H14N2O4S2. The smallest absolute Gasteiger partial charge is 0.241 e. The highest BCUT2D eigenvalue weighted by Crippen LogP contribution is 2.32. The Kier molecular flexibility index (Phi) is 3.83. The van der Waals surface area contributed by atoms with E-state index in [1.165, 1.54) is 23.5 Å². The molecule has 0 spiro atoms. The zero-order valence-electron chi connectivity index (χ0n) is 11.3. The highest BCUT2D eigenvalue weighted by molar-refractivity contribution is 7.89. The zero-order valence-corrected chi connectivity index (χ0v) is 13.0. The predicted molar refractivity (Wildman–Crippen MR) is 78.3 cm³/mol. The Morgan fingerprint density at radius 1 is 1.29 bits per heavy atom. The van der Waals surface area contributed by atoms with Crippen LogP contribution in [0, 0.1) is 6.92 Å². The second kappa shape index (κ2) is 5.63. The molecule has 8 heteroatoms. The minimum atomic E-state index is -3.60. The third-order valence-electron chi connectivity index (χ3n) is 2.90. The number of benzene rings is 1. The molecule has 1 aliphatic heterocycles. The minimum absolute atomic E-state index is 0.153. The van der Waals surface area contributed by atoms with Gasteiger partial charge < -0.3 is 9.47 Å². The summed E-state index contributed by atoms with van der Waals surface area (Å²) in [5, 5.41) is 2.61. The van der Waals surface area contributed by atoms with Crippen molar-refractivity contribution in [1.82, 2.24) is 9.71 Å². The minimum Gasteiger partial charge on any atom is -0.486 e. The van der Waals surface area contributed by atoms with Crippen LogP contribution >= 0.6 is 11.3 Å². The normalized spacial score (nSPS) is 14.1. The number of aryl methyl sites for hydroxylation is 1. The molecule has 21 heavy (non-hydrogen) atoms. The SMILES string of the molecule is Cc1csc(CNS(=O)(=O)c2ccc3c(c2)OCCO3)n1. The van der Waals surface area contributed by atoms with Crippen LogP contribution in [-0.4, -0.2) is 26.6 Å². The maximum atomic E-state index is 12.3. The Morgan fingerprint density at radius 2 is 2.05 bits per heavy atom. The van der Waals surface area contributed by atoms with Crippen LogP contribution in [0.15, 0.2) is 28.5 Å². The van der Waals surface area contributed by atoms with Crippen LogP contribution in [0.3, 0.4) is 0 Å². The molecular weight excluding hydrogens is 312 g/mol. The molecule has 0 fully saturated rings. The van der Waals surface area contributed by atoms with Gasteiger partial charge in [-0.25, -0.2) is 18.1 Å². The van der Waals surface area contributed by atoms with Gasteiger partial charge in [0.25, 0.3) is 0 Å². The quantitative estimate of drug-likeness (QED) is 0.925. The van der Waals surface area contributed by atoms with Crippen LogP contribution in [0.1, 0.15) is 10.7 Å². The molecule has 0 atom stereocenters. The fourth-order valence-electron chi connectivity index (χ4n) is 1.91. The molecule has 112 valence electrons. The molecule has 1 aliphatic rings. The average Bonchev–Trinajstić information content (AvgIpc) is 2.90. The van der Waals surface area contributed by atoms with Gasteiger partial charge in [-0.3, -0.25) is 0 Å². The van der Waals surface area contributed by atoms with Gasteiger partial charge >= 0.3 is 0 Å². The summed E-state index contributed by atoms with van der Waals surface area (Å²) in [4.78, 5) is 4.38. The number of hydrogen-bond donors (Lipinski definition) is 1. The summed E-state index contributed by atoms with van der Waals surface area (Å²) < 4.78 is 37.8. The summed E-state index contributed by atoms with van der Waals surface area (Å²) in [7, 11) is -3.60. The molecule has 1 aromatic heterocycles. The first kappa shape index (κ1) is 14.3. The van der Waals surface area contributed by atoms with Crippen LogP contribution < -0.4 is 14.2 Å². The Morgan fingerprint density at radius 3 is 2.76 bits per heavy atom. The Bertz CT molecular complexity index is 755. The van der Waals surface area contributed by atoms with E-state index in [2.05, 4.69) is 9.71 Å². The van der Waals surface area contributed by atoms with Gasteiger partial charge in [0.05, 0.1) is 11.4 Å². The lowest BCUT2D eigenvalue weighted by Gasteiger charge is -2.18. The molecule has 3 rings (SSSR count). The van der Waals surface area contributed by atoms with E-state index in [9.17, 15) is 8.42 Å². The standard InChI is InChI=1S/C13H14N2O4S2/c1-9-8-20-13(15-9)7-14-21(16,17)10-2-3-11-12(6-10)19-5-4-18-11/h2-3,6,8,14H,4-5,7H2,1H3. The van der Waals surface area contributed by atoms with Crippen molar-refractivity contribution in [3.63, 3.8) is 0 Å². The van der Waals surface area contributed by atoms with Gasteiger partial charge in [-0.1, -0.05) is 0 Å². The molecule has 0 saturated carbocycles. The van der Waals surface area contributed by atoms with E-state index in [1.54, 1.807) is 6.07 Å². The van der Waals surface area contributed by atoms with Crippen LogP contribution in [0.5, 0.6) is 11.5 Å². The third-order valence-corrected chi connectivity index (χ3v) is 5.27. The molecule has 6 nitrogen and oxygen atoms in total. The maximum absolute atomic E-state index is 12.3.